The summed E-state index contributed by atoms with van der Waals surface area (Å²) in [6, 6.07) is 11.0. The van der Waals surface area contributed by atoms with Crippen LogP contribution in [0.5, 0.6) is 0 Å². The molecular formula is C20H23N5O3. The highest BCUT2D eigenvalue weighted by atomic mass is 16.5. The van der Waals surface area contributed by atoms with Crippen LogP contribution in [-0.2, 0) is 4.74 Å². The molecule has 0 bridgehead atoms. The third-order valence-corrected chi connectivity index (χ3v) is 5.25. The molecule has 2 heterocycles. The molecule has 1 aliphatic heterocycles. The Labute approximate surface area is 162 Å². The average Bonchev–Trinajstić information content (AvgIpc) is 3.18. The van der Waals surface area contributed by atoms with E-state index in [1.807, 2.05) is 29.2 Å². The van der Waals surface area contributed by atoms with E-state index in [0.717, 1.165) is 43.4 Å². The van der Waals surface area contributed by atoms with Crippen molar-refractivity contribution in [2.75, 3.05) is 12.0 Å². The van der Waals surface area contributed by atoms with Gasteiger partial charge in [-0.15, -0.1) is 0 Å². The molecule has 146 valence electrons. The van der Waals surface area contributed by atoms with Crippen molar-refractivity contribution in [3.8, 4) is 11.3 Å². The summed E-state index contributed by atoms with van der Waals surface area (Å²) in [6.45, 7) is 0. The highest BCUT2D eigenvalue weighted by Crippen LogP contribution is 2.43. The number of furan rings is 1. The van der Waals surface area contributed by atoms with Crippen molar-refractivity contribution in [2.24, 2.45) is 21.5 Å². The maximum absolute atomic E-state index is 11.8. The molecule has 1 aromatic heterocycles. The van der Waals surface area contributed by atoms with E-state index >= 15 is 0 Å². The minimum Gasteiger partial charge on any atom is -0.463 e. The van der Waals surface area contributed by atoms with Crippen LogP contribution in [-0.4, -0.2) is 30.7 Å². The minimum atomic E-state index is -0.554. The number of ether oxygens (including phenoxy) is 1. The number of benzene rings is 1. The fourth-order valence-corrected chi connectivity index (χ4v) is 4.04. The maximum Gasteiger partial charge on any atom is 0.373 e. The van der Waals surface area contributed by atoms with Crippen LogP contribution in [0.4, 0.5) is 5.69 Å². The molecule has 4 rings (SSSR count). The molecule has 0 unspecified atom stereocenters. The zero-order chi connectivity index (χ0) is 19.7. The maximum atomic E-state index is 11.8. The van der Waals surface area contributed by atoms with Crippen molar-refractivity contribution in [3.05, 3.63) is 42.2 Å². The van der Waals surface area contributed by atoms with Crippen molar-refractivity contribution >= 4 is 23.6 Å². The SMILES string of the molecule is COC(=O)c1ccc(-c2ccccc2N2C(N)=NC(N)=NC23CCCCC3)o1. The van der Waals surface area contributed by atoms with Crippen molar-refractivity contribution < 1.29 is 13.9 Å². The number of carbonyl (C=O) groups excluding carboxylic acids is 1. The number of rotatable bonds is 3. The first-order valence-corrected chi connectivity index (χ1v) is 9.31. The summed E-state index contributed by atoms with van der Waals surface area (Å²) in [5.41, 5.74) is 13.3. The quantitative estimate of drug-likeness (QED) is 0.789. The number of hydrogen-bond acceptors (Lipinski definition) is 8. The first-order chi connectivity index (χ1) is 13.5. The van der Waals surface area contributed by atoms with Gasteiger partial charge in [-0.3, -0.25) is 4.90 Å². The summed E-state index contributed by atoms with van der Waals surface area (Å²) in [6.07, 6.45) is 4.91. The summed E-state index contributed by atoms with van der Waals surface area (Å²) in [5, 5.41) is 0. The smallest absolute Gasteiger partial charge is 0.373 e. The molecule has 1 fully saturated rings. The van der Waals surface area contributed by atoms with E-state index in [1.54, 1.807) is 12.1 Å². The van der Waals surface area contributed by atoms with Crippen LogP contribution in [0.15, 0.2) is 50.8 Å². The third-order valence-electron chi connectivity index (χ3n) is 5.25. The predicted molar refractivity (Wildman–Crippen MR) is 107 cm³/mol. The van der Waals surface area contributed by atoms with Gasteiger partial charge in [0, 0.05) is 5.56 Å². The largest absolute Gasteiger partial charge is 0.463 e. The van der Waals surface area contributed by atoms with Gasteiger partial charge in [-0.25, -0.2) is 9.79 Å². The number of aliphatic imine (C=N–C) groups is 2. The number of nitrogens with two attached hydrogens (primary N) is 2. The van der Waals surface area contributed by atoms with Gasteiger partial charge in [-0.1, -0.05) is 18.6 Å². The highest BCUT2D eigenvalue weighted by molar-refractivity contribution is 6.07. The average molecular weight is 381 g/mol. The van der Waals surface area contributed by atoms with Gasteiger partial charge in [0.15, 0.2) is 0 Å². The molecule has 0 saturated heterocycles. The summed E-state index contributed by atoms with van der Waals surface area (Å²) < 4.78 is 10.5. The lowest BCUT2D eigenvalue weighted by molar-refractivity contribution is 0.0566. The van der Waals surface area contributed by atoms with E-state index < -0.39 is 11.6 Å². The van der Waals surface area contributed by atoms with Crippen molar-refractivity contribution in [3.63, 3.8) is 0 Å². The van der Waals surface area contributed by atoms with Gasteiger partial charge >= 0.3 is 5.97 Å². The number of para-hydroxylation sites is 1. The molecule has 1 aliphatic carbocycles. The van der Waals surface area contributed by atoms with Crippen molar-refractivity contribution in [2.45, 2.75) is 37.8 Å². The lowest BCUT2D eigenvalue weighted by Gasteiger charge is -2.46. The topological polar surface area (TPSA) is 119 Å². The van der Waals surface area contributed by atoms with E-state index in [9.17, 15) is 4.79 Å². The highest BCUT2D eigenvalue weighted by Gasteiger charge is 2.43. The molecule has 28 heavy (non-hydrogen) atoms. The van der Waals surface area contributed by atoms with Crippen LogP contribution >= 0.6 is 0 Å². The van der Waals surface area contributed by atoms with Gasteiger partial charge in [0.2, 0.25) is 17.7 Å². The van der Waals surface area contributed by atoms with Crippen LogP contribution < -0.4 is 16.4 Å². The van der Waals surface area contributed by atoms with Crippen LogP contribution in [0.2, 0.25) is 0 Å². The van der Waals surface area contributed by atoms with E-state index in [2.05, 4.69) is 4.99 Å². The van der Waals surface area contributed by atoms with E-state index in [-0.39, 0.29) is 11.7 Å². The van der Waals surface area contributed by atoms with Gasteiger partial charge < -0.3 is 20.6 Å². The molecule has 2 aromatic rings. The predicted octanol–water partition coefficient (Wildman–Crippen LogP) is 2.84. The first-order valence-electron chi connectivity index (χ1n) is 9.31. The summed E-state index contributed by atoms with van der Waals surface area (Å²) in [5.74, 6) is 0.670. The van der Waals surface area contributed by atoms with Crippen molar-refractivity contribution in [1.29, 1.82) is 0 Å². The number of nitrogens with zero attached hydrogens (tertiary/aromatic N) is 3. The van der Waals surface area contributed by atoms with Crippen LogP contribution in [0, 0.1) is 0 Å². The number of esters is 1. The Morgan fingerprint density at radius 2 is 1.89 bits per heavy atom. The Kier molecular flexibility index (Phi) is 4.54. The fourth-order valence-electron chi connectivity index (χ4n) is 4.04. The van der Waals surface area contributed by atoms with Gasteiger partial charge in [0.1, 0.15) is 11.4 Å². The van der Waals surface area contributed by atoms with E-state index in [1.165, 1.54) is 7.11 Å². The molecule has 8 nitrogen and oxygen atoms in total. The molecule has 0 radical (unpaired) electrons. The number of hydrogen-bond donors (Lipinski definition) is 2. The van der Waals surface area contributed by atoms with Gasteiger partial charge in [-0.05, 0) is 49.9 Å². The Bertz CT molecular complexity index is 956. The number of carbonyl (C=O) groups is 1. The fraction of sp³-hybridized carbons (Fsp3) is 0.350. The normalized spacial score (nSPS) is 18.5. The second kappa shape index (κ2) is 7.03. The Morgan fingerprint density at radius 1 is 1.14 bits per heavy atom. The van der Waals surface area contributed by atoms with Crippen LogP contribution in [0.3, 0.4) is 0 Å². The molecule has 2 aliphatic rings. The van der Waals surface area contributed by atoms with Crippen LogP contribution in [0.1, 0.15) is 42.7 Å². The number of methoxy groups -OCH3 is 1. The Hall–Kier alpha value is -3.29. The second-order valence-corrected chi connectivity index (χ2v) is 6.99. The molecule has 8 heteroatoms. The first kappa shape index (κ1) is 18.1. The molecule has 1 spiro atoms. The van der Waals surface area contributed by atoms with Crippen molar-refractivity contribution in [1.82, 2.24) is 0 Å². The lowest BCUT2D eigenvalue weighted by atomic mass is 9.87. The van der Waals surface area contributed by atoms with E-state index in [0.29, 0.717) is 11.7 Å². The minimum absolute atomic E-state index is 0.141. The van der Waals surface area contributed by atoms with Gasteiger partial charge in [0.05, 0.1) is 12.8 Å². The number of anilines is 1. The third kappa shape index (κ3) is 3.00. The van der Waals surface area contributed by atoms with Gasteiger partial charge in [-0.2, -0.15) is 4.99 Å². The summed E-state index contributed by atoms with van der Waals surface area (Å²) in [7, 11) is 1.32. The molecule has 1 saturated carbocycles. The summed E-state index contributed by atoms with van der Waals surface area (Å²) in [4.78, 5) is 22.7. The lowest BCUT2D eigenvalue weighted by Crippen LogP contribution is -2.58. The zero-order valence-electron chi connectivity index (χ0n) is 15.7. The Morgan fingerprint density at radius 3 is 2.64 bits per heavy atom. The summed E-state index contributed by atoms with van der Waals surface area (Å²) >= 11 is 0. The second-order valence-electron chi connectivity index (χ2n) is 6.99. The number of guanidine groups is 2. The molecular weight excluding hydrogens is 358 g/mol. The van der Waals surface area contributed by atoms with Gasteiger partial charge in [0.25, 0.3) is 0 Å². The zero-order valence-corrected chi connectivity index (χ0v) is 15.7. The molecule has 0 atom stereocenters. The monoisotopic (exact) mass is 381 g/mol. The molecule has 1 aromatic carbocycles. The van der Waals surface area contributed by atoms with E-state index in [4.69, 9.17) is 25.6 Å². The molecule has 4 N–H and O–H groups in total. The Balaban J connectivity index is 1.82. The standard InChI is InChI=1S/C20H23N5O3/c1-27-17(26)16-10-9-15(28-16)13-7-3-4-8-14(13)25-19(22)23-18(21)24-20(25)11-5-2-6-12-20/h3-4,7-10H,2,5-6,11-12H2,1H3,(H4,21,22,23,24). The van der Waals surface area contributed by atoms with Crippen LogP contribution in [0.25, 0.3) is 11.3 Å². The molecule has 0 amide bonds.